The first kappa shape index (κ1) is 16.3. The SMILES string of the molecule is CC(=O)[O-].CC[P+](CC)(CC)CCO. The molecular weight excluding hydrogens is 199 g/mol. The zero-order valence-electron chi connectivity index (χ0n) is 9.75. The molecule has 0 fully saturated rings. The molecule has 0 aliphatic heterocycles. The summed E-state index contributed by atoms with van der Waals surface area (Å²) in [6, 6.07) is 0. The number of aliphatic hydroxyl groups is 1. The van der Waals surface area contributed by atoms with Gasteiger partial charge in [0.1, 0.15) is 0 Å². The molecular formula is C10H23O3P. The molecule has 0 bridgehead atoms. The summed E-state index contributed by atoms with van der Waals surface area (Å²) in [5.41, 5.74) is 0. The Morgan fingerprint density at radius 3 is 1.57 bits per heavy atom. The van der Waals surface area contributed by atoms with E-state index in [1.807, 2.05) is 0 Å². The van der Waals surface area contributed by atoms with E-state index < -0.39 is 13.2 Å². The van der Waals surface area contributed by atoms with Gasteiger partial charge in [-0.2, -0.15) is 0 Å². The minimum atomic E-state index is -1.08. The van der Waals surface area contributed by atoms with E-state index in [1.165, 1.54) is 18.5 Å². The van der Waals surface area contributed by atoms with Crippen LogP contribution in [0, 0.1) is 0 Å². The van der Waals surface area contributed by atoms with E-state index in [0.717, 1.165) is 13.1 Å². The van der Waals surface area contributed by atoms with Crippen LogP contribution in [0.2, 0.25) is 0 Å². The Morgan fingerprint density at radius 1 is 1.21 bits per heavy atom. The first-order valence-corrected chi connectivity index (χ1v) is 7.64. The van der Waals surface area contributed by atoms with Gasteiger partial charge in [-0.15, -0.1) is 0 Å². The Hall–Kier alpha value is -0.140. The smallest absolute Gasteiger partial charge is 0.0825 e. The number of hydrogen-bond acceptors (Lipinski definition) is 3. The van der Waals surface area contributed by atoms with Crippen molar-refractivity contribution in [2.45, 2.75) is 27.7 Å². The Morgan fingerprint density at radius 2 is 1.50 bits per heavy atom. The van der Waals surface area contributed by atoms with Crippen LogP contribution in [-0.4, -0.2) is 42.3 Å². The zero-order chi connectivity index (χ0) is 11.6. The number of carbonyl (C=O) groups is 1. The Kier molecular flexibility index (Phi) is 11.0. The van der Waals surface area contributed by atoms with Gasteiger partial charge in [0.15, 0.2) is 0 Å². The fourth-order valence-corrected chi connectivity index (χ4v) is 4.07. The summed E-state index contributed by atoms with van der Waals surface area (Å²) in [6.45, 7) is 8.15. The van der Waals surface area contributed by atoms with Crippen molar-refractivity contribution in [1.82, 2.24) is 0 Å². The van der Waals surface area contributed by atoms with Crippen molar-refractivity contribution in [3.8, 4) is 0 Å². The Bertz CT molecular complexity index is 132. The van der Waals surface area contributed by atoms with Gasteiger partial charge in [-0.05, 0) is 27.7 Å². The number of aliphatic carboxylic acids is 1. The van der Waals surface area contributed by atoms with Crippen molar-refractivity contribution in [3.63, 3.8) is 0 Å². The molecule has 0 aliphatic carbocycles. The molecule has 0 aromatic carbocycles. The van der Waals surface area contributed by atoms with Gasteiger partial charge in [0.05, 0.1) is 31.3 Å². The number of carbonyl (C=O) groups excluding carboxylic acids is 1. The van der Waals surface area contributed by atoms with Gasteiger partial charge in [0, 0.05) is 13.2 Å². The number of rotatable bonds is 5. The maximum atomic E-state index is 8.89. The quantitative estimate of drug-likeness (QED) is 0.700. The van der Waals surface area contributed by atoms with Crippen LogP contribution in [0.3, 0.4) is 0 Å². The Balaban J connectivity index is 0. The highest BCUT2D eigenvalue weighted by Crippen LogP contribution is 2.57. The summed E-state index contributed by atoms with van der Waals surface area (Å²) in [5.74, 6) is -1.08. The monoisotopic (exact) mass is 222 g/mol. The molecule has 0 amide bonds. The molecule has 0 saturated carbocycles. The van der Waals surface area contributed by atoms with Crippen LogP contribution >= 0.6 is 7.26 Å². The third kappa shape index (κ3) is 8.46. The fourth-order valence-electron chi connectivity index (χ4n) is 1.36. The lowest BCUT2D eigenvalue weighted by Gasteiger charge is -2.22. The molecule has 86 valence electrons. The molecule has 0 aromatic heterocycles. The molecule has 14 heavy (non-hydrogen) atoms. The second-order valence-electron chi connectivity index (χ2n) is 3.23. The summed E-state index contributed by atoms with van der Waals surface area (Å²) in [4.78, 5) is 8.89. The van der Waals surface area contributed by atoms with Crippen LogP contribution in [0.25, 0.3) is 0 Å². The van der Waals surface area contributed by atoms with Crippen molar-refractivity contribution in [3.05, 3.63) is 0 Å². The second-order valence-corrected chi connectivity index (χ2v) is 8.26. The molecule has 0 atom stereocenters. The molecule has 0 rings (SSSR count). The van der Waals surface area contributed by atoms with E-state index in [-0.39, 0.29) is 0 Å². The normalized spacial score (nSPS) is 10.4. The van der Waals surface area contributed by atoms with Crippen LogP contribution in [0.1, 0.15) is 27.7 Å². The highest BCUT2D eigenvalue weighted by molar-refractivity contribution is 7.75. The summed E-state index contributed by atoms with van der Waals surface area (Å²) in [6.07, 6.45) is 5.00. The van der Waals surface area contributed by atoms with Crippen LogP contribution < -0.4 is 5.11 Å². The minimum absolute atomic E-state index is 0.392. The topological polar surface area (TPSA) is 60.4 Å². The highest BCUT2D eigenvalue weighted by atomic mass is 31.2. The average Bonchev–Trinajstić information content (AvgIpc) is 2.14. The van der Waals surface area contributed by atoms with Gasteiger partial charge in [-0.3, -0.25) is 0 Å². The molecule has 3 nitrogen and oxygen atoms in total. The summed E-state index contributed by atoms with van der Waals surface area (Å²) in [7, 11) is -0.689. The predicted molar refractivity (Wildman–Crippen MR) is 61.2 cm³/mol. The van der Waals surface area contributed by atoms with Gasteiger partial charge in [0.25, 0.3) is 0 Å². The zero-order valence-corrected chi connectivity index (χ0v) is 10.6. The van der Waals surface area contributed by atoms with Gasteiger partial charge >= 0.3 is 0 Å². The lowest BCUT2D eigenvalue weighted by atomic mass is 10.9. The standard InChI is InChI=1S/C8H20OP.C2H4O2/c1-4-10(5-2,6-3)8-7-9;1-2(3)4/h9H,4-8H2,1-3H3;1H3,(H,3,4)/q+1;/p-1. The van der Waals surface area contributed by atoms with Crippen molar-refractivity contribution in [2.75, 3.05) is 31.3 Å². The highest BCUT2D eigenvalue weighted by Gasteiger charge is 2.29. The third-order valence-electron chi connectivity index (χ3n) is 2.59. The molecule has 0 saturated heterocycles. The van der Waals surface area contributed by atoms with Crippen LogP contribution in [0.5, 0.6) is 0 Å². The van der Waals surface area contributed by atoms with Gasteiger partial charge in [0.2, 0.25) is 0 Å². The summed E-state index contributed by atoms with van der Waals surface area (Å²) >= 11 is 0. The minimum Gasteiger partial charge on any atom is -0.550 e. The van der Waals surface area contributed by atoms with Crippen LogP contribution in [-0.2, 0) is 4.79 Å². The lowest BCUT2D eigenvalue weighted by molar-refractivity contribution is -0.302. The molecule has 1 N–H and O–H groups in total. The molecule has 0 unspecified atom stereocenters. The van der Waals surface area contributed by atoms with E-state index >= 15 is 0 Å². The number of carboxylic acids is 1. The van der Waals surface area contributed by atoms with Gasteiger partial charge in [-0.1, -0.05) is 0 Å². The Labute approximate surface area is 87.9 Å². The number of aliphatic hydroxyl groups excluding tert-OH is 1. The number of carboxylic acid groups (broad SMARTS) is 1. The van der Waals surface area contributed by atoms with Crippen molar-refractivity contribution in [2.24, 2.45) is 0 Å². The summed E-state index contributed by atoms with van der Waals surface area (Å²) in [5, 5.41) is 17.7. The summed E-state index contributed by atoms with van der Waals surface area (Å²) < 4.78 is 0. The number of hydrogen-bond donors (Lipinski definition) is 1. The van der Waals surface area contributed by atoms with E-state index in [4.69, 9.17) is 15.0 Å². The maximum absolute atomic E-state index is 8.89. The van der Waals surface area contributed by atoms with Crippen LogP contribution in [0.4, 0.5) is 0 Å². The first-order chi connectivity index (χ1) is 6.47. The second kappa shape index (κ2) is 9.42. The van der Waals surface area contributed by atoms with Crippen molar-refractivity contribution in [1.29, 1.82) is 0 Å². The maximum Gasteiger partial charge on any atom is 0.0825 e. The van der Waals surface area contributed by atoms with Crippen molar-refractivity contribution >= 4 is 13.2 Å². The van der Waals surface area contributed by atoms with Gasteiger partial charge < -0.3 is 15.0 Å². The van der Waals surface area contributed by atoms with E-state index in [2.05, 4.69) is 20.8 Å². The fraction of sp³-hybridized carbons (Fsp3) is 0.900. The molecule has 4 heteroatoms. The molecule has 0 heterocycles. The van der Waals surface area contributed by atoms with E-state index in [9.17, 15) is 0 Å². The van der Waals surface area contributed by atoms with Crippen molar-refractivity contribution < 1.29 is 15.0 Å². The lowest BCUT2D eigenvalue weighted by Crippen LogP contribution is -2.16. The average molecular weight is 222 g/mol. The van der Waals surface area contributed by atoms with E-state index in [1.54, 1.807) is 0 Å². The van der Waals surface area contributed by atoms with E-state index in [0.29, 0.717) is 6.61 Å². The van der Waals surface area contributed by atoms with Gasteiger partial charge in [-0.25, -0.2) is 0 Å². The largest absolute Gasteiger partial charge is 0.550 e. The molecule has 0 spiro atoms. The third-order valence-corrected chi connectivity index (χ3v) is 7.76. The molecule has 0 aromatic rings. The predicted octanol–water partition coefficient (Wildman–Crippen LogP) is 0.812. The molecule has 0 radical (unpaired) electrons. The first-order valence-electron chi connectivity index (χ1n) is 5.11. The van der Waals surface area contributed by atoms with Crippen LogP contribution in [0.15, 0.2) is 0 Å². The molecule has 0 aliphatic rings.